The number of sulfonamides is 1. The zero-order valence-electron chi connectivity index (χ0n) is 18.5. The van der Waals surface area contributed by atoms with E-state index >= 15 is 0 Å². The Morgan fingerprint density at radius 1 is 1.00 bits per heavy atom. The smallest absolute Gasteiger partial charge is 0.240 e. The van der Waals surface area contributed by atoms with Gasteiger partial charge in [0, 0.05) is 29.7 Å². The van der Waals surface area contributed by atoms with Crippen LogP contribution in [-0.2, 0) is 24.7 Å². The van der Waals surface area contributed by atoms with E-state index in [1.807, 2.05) is 31.9 Å². The maximum Gasteiger partial charge on any atom is 0.240 e. The minimum absolute atomic E-state index is 0.0459. The van der Waals surface area contributed by atoms with Crippen LogP contribution >= 0.6 is 0 Å². The Labute approximate surface area is 200 Å². The molecule has 0 radical (unpaired) electrons. The van der Waals surface area contributed by atoms with Crippen LogP contribution < -0.4 is 10.5 Å². The second-order valence-corrected chi connectivity index (χ2v) is 11.4. The van der Waals surface area contributed by atoms with Gasteiger partial charge in [-0.15, -0.1) is 10.2 Å². The maximum atomic E-state index is 13.3. The summed E-state index contributed by atoms with van der Waals surface area (Å²) < 4.78 is 52.2. The highest BCUT2D eigenvalue weighted by molar-refractivity contribution is 7.94. The van der Waals surface area contributed by atoms with Crippen LogP contribution in [0.5, 0.6) is 0 Å². The minimum atomic E-state index is -4.52. The molecule has 35 heavy (non-hydrogen) atoms. The Morgan fingerprint density at radius 2 is 1.74 bits per heavy atom. The second kappa shape index (κ2) is 9.22. The lowest BCUT2D eigenvalue weighted by atomic mass is 9.96. The molecule has 12 nitrogen and oxygen atoms in total. The number of benzene rings is 2. The minimum Gasteiger partial charge on any atom is -0.314 e. The molecule has 1 fully saturated rings. The van der Waals surface area contributed by atoms with Crippen molar-refractivity contribution < 1.29 is 21.6 Å². The molecule has 14 heteroatoms. The highest BCUT2D eigenvalue weighted by atomic mass is 32.2. The van der Waals surface area contributed by atoms with Gasteiger partial charge in [0.2, 0.25) is 15.8 Å². The lowest BCUT2D eigenvalue weighted by molar-refractivity contribution is -0.0980. The molecule has 0 bridgehead atoms. The normalized spacial score (nSPS) is 14.2. The zero-order valence-corrected chi connectivity index (χ0v) is 20.1. The van der Waals surface area contributed by atoms with Crippen LogP contribution in [0.3, 0.4) is 0 Å². The molecule has 0 saturated carbocycles. The average Bonchev–Trinajstić information content (AvgIpc) is 3.31. The highest BCUT2D eigenvalue weighted by Crippen LogP contribution is 2.41. The summed E-state index contributed by atoms with van der Waals surface area (Å²) in [6.07, 6.45) is 0. The molecule has 0 amide bonds. The monoisotopic (exact) mass is 515 g/mol. The van der Waals surface area contributed by atoms with Gasteiger partial charge in [0.25, 0.3) is 0 Å². The molecule has 182 valence electrons. The molecule has 1 aliphatic rings. The van der Waals surface area contributed by atoms with Crippen molar-refractivity contribution >= 4 is 37.6 Å². The summed E-state index contributed by atoms with van der Waals surface area (Å²) in [5.41, 5.74) is 2.28. The number of pyridine rings is 1. The summed E-state index contributed by atoms with van der Waals surface area (Å²) in [6.45, 7) is 4.28. The van der Waals surface area contributed by atoms with Crippen LogP contribution in [-0.4, -0.2) is 67.6 Å². The topological polar surface area (TPSA) is 191 Å². The van der Waals surface area contributed by atoms with Crippen molar-refractivity contribution in [3.8, 4) is 22.5 Å². The third-order valence-electron chi connectivity index (χ3n) is 5.61. The number of hydrogen-bond acceptors (Lipinski definition) is 10. The summed E-state index contributed by atoms with van der Waals surface area (Å²) in [4.78, 5) is 11.7. The first-order valence-corrected chi connectivity index (χ1v) is 13.3. The molecular weight excluding hydrogens is 494 g/mol. The second-order valence-electron chi connectivity index (χ2n) is 7.75. The summed E-state index contributed by atoms with van der Waals surface area (Å²) in [5.74, 6) is -0.0949. The number of primary sulfonamides is 1. The molecule has 3 heterocycles. The number of rotatable bonds is 5. The summed E-state index contributed by atoms with van der Waals surface area (Å²) in [5, 5.41) is 22.3. The molecular formula is C21H21N7O5S2. The van der Waals surface area contributed by atoms with E-state index < -0.39 is 30.0 Å². The Hall–Kier alpha value is -3.59. The van der Waals surface area contributed by atoms with Gasteiger partial charge in [0.15, 0.2) is 9.84 Å². The third-order valence-corrected chi connectivity index (χ3v) is 8.90. The number of fused-ring (bicyclic) bond motifs is 1. The molecule has 0 unspecified atom stereocenters. The standard InChI is InChI=1S/C20H19N7O4S2.CH2O/c1-11-5-6-12-3-2-4-15(18(12)23-11)14-7-8-16(32(28,29)13-9-22-10-13)19(33(21,30)31)17(14)20-24-26-27-25-20;1-2/h2-8,13,22H,9-10H2,1H3,(H2,21,30,31)(H,24,25,26,27);1H2. The van der Waals surface area contributed by atoms with Crippen molar-refractivity contribution in [1.82, 2.24) is 30.9 Å². The number of nitrogens with two attached hydrogens (primary N) is 1. The summed E-state index contributed by atoms with van der Waals surface area (Å²) in [7, 11) is -8.53. The van der Waals surface area contributed by atoms with E-state index in [9.17, 15) is 16.8 Å². The van der Waals surface area contributed by atoms with Gasteiger partial charge < -0.3 is 10.1 Å². The molecule has 1 aliphatic heterocycles. The van der Waals surface area contributed by atoms with Crippen LogP contribution in [0.2, 0.25) is 0 Å². The molecule has 5 rings (SSSR count). The predicted octanol–water partition coefficient (Wildman–Crippen LogP) is 0.598. The number of sulfone groups is 1. The van der Waals surface area contributed by atoms with Crippen LogP contribution in [0, 0.1) is 6.92 Å². The van der Waals surface area contributed by atoms with Gasteiger partial charge in [-0.1, -0.05) is 30.3 Å². The van der Waals surface area contributed by atoms with Gasteiger partial charge in [-0.2, -0.15) is 5.21 Å². The van der Waals surface area contributed by atoms with Crippen molar-refractivity contribution in [3.05, 3.63) is 48.2 Å². The lowest BCUT2D eigenvalue weighted by Gasteiger charge is -2.28. The van der Waals surface area contributed by atoms with Gasteiger partial charge in [0.05, 0.1) is 21.2 Å². The first kappa shape index (κ1) is 24.5. The van der Waals surface area contributed by atoms with Crippen LogP contribution in [0.1, 0.15) is 5.69 Å². The van der Waals surface area contributed by atoms with E-state index in [4.69, 9.17) is 9.93 Å². The number of H-pyrrole nitrogens is 1. The van der Waals surface area contributed by atoms with Gasteiger partial charge in [-0.25, -0.2) is 22.0 Å². The van der Waals surface area contributed by atoms with Crippen molar-refractivity contribution in [2.75, 3.05) is 13.1 Å². The largest absolute Gasteiger partial charge is 0.314 e. The highest BCUT2D eigenvalue weighted by Gasteiger charge is 2.38. The quantitative estimate of drug-likeness (QED) is 0.339. The zero-order chi connectivity index (χ0) is 25.4. The van der Waals surface area contributed by atoms with Crippen molar-refractivity contribution in [2.45, 2.75) is 22.0 Å². The Balaban J connectivity index is 0.00000141. The Bertz CT molecular complexity index is 1620. The first-order valence-electron chi connectivity index (χ1n) is 10.2. The predicted molar refractivity (Wildman–Crippen MR) is 127 cm³/mol. The lowest BCUT2D eigenvalue weighted by Crippen LogP contribution is -2.51. The molecule has 2 aromatic heterocycles. The number of carbonyl (C=O) groups excluding carboxylic acids is 1. The molecule has 1 saturated heterocycles. The first-order chi connectivity index (χ1) is 16.7. The summed E-state index contributed by atoms with van der Waals surface area (Å²) >= 11 is 0. The molecule has 0 aliphatic carbocycles. The van der Waals surface area contributed by atoms with E-state index in [0.717, 1.165) is 11.1 Å². The SMILES string of the molecule is C=O.Cc1ccc2cccc(-c3ccc(S(=O)(=O)C4CNC4)c(S(N)(=O)=O)c3-c3nn[nH]n3)c2n1. The van der Waals surface area contributed by atoms with Crippen LogP contribution in [0.25, 0.3) is 33.4 Å². The molecule has 0 spiro atoms. The number of aromatic nitrogens is 5. The van der Waals surface area contributed by atoms with Crippen LogP contribution in [0.4, 0.5) is 0 Å². The molecule has 2 aromatic carbocycles. The average molecular weight is 516 g/mol. The maximum absolute atomic E-state index is 13.3. The van der Waals surface area contributed by atoms with Crippen molar-refractivity contribution in [2.24, 2.45) is 5.14 Å². The number of hydrogen-bond donors (Lipinski definition) is 3. The van der Waals surface area contributed by atoms with E-state index in [-0.39, 0.29) is 29.4 Å². The van der Waals surface area contributed by atoms with Crippen molar-refractivity contribution in [3.63, 3.8) is 0 Å². The van der Waals surface area contributed by atoms with Crippen LogP contribution in [0.15, 0.2) is 52.3 Å². The molecule has 4 N–H and O–H groups in total. The fourth-order valence-electron chi connectivity index (χ4n) is 3.91. The fourth-order valence-corrected chi connectivity index (χ4v) is 7.09. The molecule has 0 atom stereocenters. The van der Waals surface area contributed by atoms with Gasteiger partial charge >= 0.3 is 0 Å². The van der Waals surface area contributed by atoms with E-state index in [0.29, 0.717) is 16.6 Å². The van der Waals surface area contributed by atoms with E-state index in [1.165, 1.54) is 12.1 Å². The number of nitrogens with one attached hydrogen (secondary N) is 2. The molecule has 4 aromatic rings. The third kappa shape index (κ3) is 4.32. The summed E-state index contributed by atoms with van der Waals surface area (Å²) in [6, 6.07) is 12.0. The van der Waals surface area contributed by atoms with E-state index in [1.54, 1.807) is 12.1 Å². The number of aromatic amines is 1. The Kier molecular flexibility index (Phi) is 6.46. The Morgan fingerprint density at radius 3 is 2.34 bits per heavy atom. The fraction of sp³-hybridized carbons (Fsp3) is 0.190. The number of para-hydroxylation sites is 1. The number of tetrazole rings is 1. The van der Waals surface area contributed by atoms with Gasteiger partial charge in [-0.3, -0.25) is 4.98 Å². The number of aryl methyl sites for hydroxylation is 1. The van der Waals surface area contributed by atoms with Crippen molar-refractivity contribution in [1.29, 1.82) is 0 Å². The number of carbonyl (C=O) groups is 1. The van der Waals surface area contributed by atoms with Gasteiger partial charge in [-0.05, 0) is 29.8 Å². The van der Waals surface area contributed by atoms with E-state index in [2.05, 4.69) is 30.9 Å². The van der Waals surface area contributed by atoms with Gasteiger partial charge in [0.1, 0.15) is 11.7 Å². The number of nitrogens with zero attached hydrogens (tertiary/aromatic N) is 4.